The van der Waals surface area contributed by atoms with E-state index in [4.69, 9.17) is 5.73 Å². The number of anilines is 1. The molecule has 4 heteroatoms. The number of aromatic nitrogens is 1. The van der Waals surface area contributed by atoms with Crippen molar-refractivity contribution in [1.82, 2.24) is 4.57 Å². The van der Waals surface area contributed by atoms with Crippen LogP contribution in [0.1, 0.15) is 30.0 Å². The van der Waals surface area contributed by atoms with Gasteiger partial charge < -0.3 is 15.6 Å². The normalized spacial score (nSPS) is 15.7. The van der Waals surface area contributed by atoms with Gasteiger partial charge in [-0.25, -0.2) is 0 Å². The van der Waals surface area contributed by atoms with Crippen molar-refractivity contribution in [2.24, 2.45) is 11.7 Å². The molecule has 0 bridgehead atoms. The molecule has 0 aliphatic heterocycles. The molecule has 4 nitrogen and oxygen atoms in total. The molecule has 1 fully saturated rings. The highest BCUT2D eigenvalue weighted by molar-refractivity contribution is 5.91. The highest BCUT2D eigenvalue weighted by atomic mass is 16.1. The first kappa shape index (κ1) is 13.9. The second-order valence-electron chi connectivity index (χ2n) is 5.84. The molecule has 1 heterocycles. The van der Waals surface area contributed by atoms with Crippen LogP contribution >= 0.6 is 0 Å². The topological polar surface area (TPSA) is 60.0 Å². The number of nitrogens with two attached hydrogens (primary N) is 1. The van der Waals surface area contributed by atoms with E-state index in [2.05, 4.69) is 5.32 Å². The lowest BCUT2D eigenvalue weighted by Gasteiger charge is -2.09. The van der Waals surface area contributed by atoms with Gasteiger partial charge in [0.15, 0.2) is 0 Å². The van der Waals surface area contributed by atoms with Crippen LogP contribution in [0.4, 0.5) is 5.69 Å². The fraction of sp³-hybridized carbons (Fsp3) is 0.353. The van der Waals surface area contributed by atoms with Crippen molar-refractivity contribution in [3.8, 4) is 0 Å². The largest absolute Gasteiger partial charge is 0.345 e. The lowest BCUT2D eigenvalue weighted by molar-refractivity contribution is -0.116. The Hall–Kier alpha value is -2.07. The first-order valence-electron chi connectivity index (χ1n) is 7.40. The molecule has 0 saturated heterocycles. The molecule has 1 amide bonds. The lowest BCUT2D eigenvalue weighted by Crippen LogP contribution is -2.18. The number of para-hydroxylation sites is 1. The molecular weight excluding hydrogens is 262 g/mol. The van der Waals surface area contributed by atoms with Crippen LogP contribution in [0.5, 0.6) is 0 Å². The van der Waals surface area contributed by atoms with Crippen molar-refractivity contribution in [2.75, 3.05) is 5.32 Å². The smallest absolute Gasteiger partial charge is 0.244 e. The molecule has 1 aliphatic rings. The monoisotopic (exact) mass is 283 g/mol. The summed E-state index contributed by atoms with van der Waals surface area (Å²) in [5, 5.41) is 2.94. The number of hydrogen-bond donors (Lipinski definition) is 2. The molecule has 3 rings (SSSR count). The summed E-state index contributed by atoms with van der Waals surface area (Å²) in [4.78, 5) is 12.1. The van der Waals surface area contributed by atoms with Gasteiger partial charge in [-0.3, -0.25) is 4.79 Å². The number of nitrogens with zero attached hydrogens (tertiary/aromatic N) is 1. The molecule has 3 N–H and O–H groups in total. The Morgan fingerprint density at radius 3 is 2.86 bits per heavy atom. The molecule has 0 radical (unpaired) electrons. The first-order valence-corrected chi connectivity index (χ1v) is 7.40. The van der Waals surface area contributed by atoms with Crippen LogP contribution in [0.15, 0.2) is 42.7 Å². The van der Waals surface area contributed by atoms with Crippen LogP contribution in [-0.4, -0.2) is 10.5 Å². The van der Waals surface area contributed by atoms with E-state index in [9.17, 15) is 4.79 Å². The summed E-state index contributed by atoms with van der Waals surface area (Å²) in [6.45, 7) is 2.30. The van der Waals surface area contributed by atoms with Crippen LogP contribution in [0.2, 0.25) is 0 Å². The predicted octanol–water partition coefficient (Wildman–Crippen LogP) is 2.85. The van der Waals surface area contributed by atoms with E-state index in [0.717, 1.165) is 16.8 Å². The molecule has 110 valence electrons. The zero-order chi connectivity index (χ0) is 14.8. The Labute approximate surface area is 125 Å². The third kappa shape index (κ3) is 3.34. The summed E-state index contributed by atoms with van der Waals surface area (Å²) in [6.07, 6.45) is 6.36. The van der Waals surface area contributed by atoms with Crippen LogP contribution < -0.4 is 11.1 Å². The maximum atomic E-state index is 12.1. The summed E-state index contributed by atoms with van der Waals surface area (Å²) in [7, 11) is 0. The average Bonchev–Trinajstić information content (AvgIpc) is 3.21. The minimum atomic E-state index is -0.0218. The standard InChI is InChI=1S/C17H21N3O/c1-12-4-2-3-5-15(12)19-16(21)11-20-9-8-14(10-20)17(18)13-6-7-13/h2-5,8-10,13,17H,6-7,11,18H2,1H3,(H,19,21). The number of amides is 1. The Balaban J connectivity index is 1.61. The van der Waals surface area contributed by atoms with E-state index in [-0.39, 0.29) is 11.9 Å². The molecule has 1 aliphatic carbocycles. The van der Waals surface area contributed by atoms with Gasteiger partial charge in [-0.2, -0.15) is 0 Å². The second kappa shape index (κ2) is 5.74. The number of carbonyl (C=O) groups is 1. The number of benzene rings is 1. The molecular formula is C17H21N3O. The van der Waals surface area contributed by atoms with E-state index in [0.29, 0.717) is 12.5 Å². The summed E-state index contributed by atoms with van der Waals surface area (Å²) in [5.41, 5.74) is 9.23. The van der Waals surface area contributed by atoms with E-state index in [1.165, 1.54) is 12.8 Å². The van der Waals surface area contributed by atoms with E-state index in [1.807, 2.05) is 54.2 Å². The van der Waals surface area contributed by atoms with E-state index in [1.54, 1.807) is 0 Å². The van der Waals surface area contributed by atoms with Crippen LogP contribution in [-0.2, 0) is 11.3 Å². The highest BCUT2D eigenvalue weighted by Gasteiger charge is 2.29. The van der Waals surface area contributed by atoms with Gasteiger partial charge in [-0.1, -0.05) is 18.2 Å². The second-order valence-corrected chi connectivity index (χ2v) is 5.84. The summed E-state index contributed by atoms with van der Waals surface area (Å²) < 4.78 is 1.89. The van der Waals surface area contributed by atoms with Crippen molar-refractivity contribution in [3.63, 3.8) is 0 Å². The fourth-order valence-electron chi connectivity index (χ4n) is 2.55. The summed E-state index contributed by atoms with van der Waals surface area (Å²) in [6, 6.07) is 9.91. The highest BCUT2D eigenvalue weighted by Crippen LogP contribution is 2.39. The predicted molar refractivity (Wildman–Crippen MR) is 83.9 cm³/mol. The number of aryl methyl sites for hydroxylation is 1. The van der Waals surface area contributed by atoms with Crippen molar-refractivity contribution in [1.29, 1.82) is 0 Å². The molecule has 2 aromatic rings. The summed E-state index contributed by atoms with van der Waals surface area (Å²) in [5.74, 6) is 0.605. The number of hydrogen-bond acceptors (Lipinski definition) is 2. The van der Waals surface area contributed by atoms with Gasteiger partial charge in [0, 0.05) is 24.1 Å². The van der Waals surface area contributed by atoms with Gasteiger partial charge in [0.25, 0.3) is 0 Å². The summed E-state index contributed by atoms with van der Waals surface area (Å²) >= 11 is 0. The third-order valence-electron chi connectivity index (χ3n) is 4.03. The Kier molecular flexibility index (Phi) is 3.80. The van der Waals surface area contributed by atoms with Gasteiger partial charge in [0.1, 0.15) is 6.54 Å². The zero-order valence-corrected chi connectivity index (χ0v) is 12.3. The van der Waals surface area contributed by atoms with Crippen molar-refractivity contribution in [2.45, 2.75) is 32.4 Å². The van der Waals surface area contributed by atoms with Gasteiger partial charge in [0.05, 0.1) is 0 Å². The Morgan fingerprint density at radius 2 is 2.14 bits per heavy atom. The van der Waals surface area contributed by atoms with E-state index < -0.39 is 0 Å². The molecule has 1 aromatic carbocycles. The quantitative estimate of drug-likeness (QED) is 0.886. The zero-order valence-electron chi connectivity index (χ0n) is 12.3. The maximum absolute atomic E-state index is 12.1. The van der Waals surface area contributed by atoms with Crippen molar-refractivity contribution >= 4 is 11.6 Å². The lowest BCUT2D eigenvalue weighted by atomic mass is 10.1. The van der Waals surface area contributed by atoms with Gasteiger partial charge >= 0.3 is 0 Å². The van der Waals surface area contributed by atoms with Crippen LogP contribution in [0.25, 0.3) is 0 Å². The molecule has 1 atom stereocenters. The SMILES string of the molecule is Cc1ccccc1NC(=O)Cn1ccc(C(N)C2CC2)c1. The van der Waals surface area contributed by atoms with Gasteiger partial charge in [-0.05, 0) is 48.9 Å². The molecule has 1 unspecified atom stereocenters. The molecule has 1 saturated carbocycles. The minimum Gasteiger partial charge on any atom is -0.345 e. The minimum absolute atomic E-state index is 0.0218. The number of carbonyl (C=O) groups excluding carboxylic acids is 1. The molecule has 1 aromatic heterocycles. The Morgan fingerprint density at radius 1 is 1.38 bits per heavy atom. The Bertz CT molecular complexity index is 643. The van der Waals surface area contributed by atoms with Crippen molar-refractivity contribution < 1.29 is 4.79 Å². The van der Waals surface area contributed by atoms with Gasteiger partial charge in [-0.15, -0.1) is 0 Å². The van der Waals surface area contributed by atoms with Gasteiger partial charge in [0.2, 0.25) is 5.91 Å². The van der Waals surface area contributed by atoms with E-state index >= 15 is 0 Å². The first-order chi connectivity index (χ1) is 10.1. The third-order valence-corrected chi connectivity index (χ3v) is 4.03. The number of nitrogens with one attached hydrogen (secondary N) is 1. The number of rotatable bonds is 5. The molecule has 0 spiro atoms. The molecule has 21 heavy (non-hydrogen) atoms. The van der Waals surface area contributed by atoms with Crippen molar-refractivity contribution in [3.05, 3.63) is 53.9 Å². The van der Waals surface area contributed by atoms with Crippen LogP contribution in [0, 0.1) is 12.8 Å². The fourth-order valence-corrected chi connectivity index (χ4v) is 2.55. The average molecular weight is 283 g/mol. The maximum Gasteiger partial charge on any atom is 0.244 e. The van der Waals surface area contributed by atoms with Crippen LogP contribution in [0.3, 0.4) is 0 Å².